The van der Waals surface area contributed by atoms with Crippen LogP contribution >= 0.6 is 22.6 Å². The zero-order valence-corrected chi connectivity index (χ0v) is 9.46. The van der Waals surface area contributed by atoms with E-state index in [2.05, 4.69) is 9.72 Å². The van der Waals surface area contributed by atoms with Gasteiger partial charge in [0.1, 0.15) is 3.70 Å². The van der Waals surface area contributed by atoms with Gasteiger partial charge in [0.05, 0.1) is 11.9 Å². The molecule has 1 rings (SSSR count). The minimum atomic E-state index is -4.78. The summed E-state index contributed by atoms with van der Waals surface area (Å²) in [5.74, 6) is -0.525. The molecule has 15 heavy (non-hydrogen) atoms. The predicted octanol–water partition coefficient (Wildman–Crippen LogP) is 1.63. The number of halogens is 4. The molecule has 0 atom stereocenters. The van der Waals surface area contributed by atoms with Crippen LogP contribution in [0.1, 0.15) is 5.56 Å². The van der Waals surface area contributed by atoms with E-state index in [0.29, 0.717) is 9.26 Å². The Morgan fingerprint density at radius 2 is 2.07 bits per heavy atom. The second-order valence-electron chi connectivity index (χ2n) is 2.56. The van der Waals surface area contributed by atoms with Crippen molar-refractivity contribution in [2.45, 2.75) is 12.9 Å². The van der Waals surface area contributed by atoms with Crippen LogP contribution < -0.4 is 16.2 Å². The van der Waals surface area contributed by atoms with Gasteiger partial charge in [0, 0.05) is 12.1 Å². The van der Waals surface area contributed by atoms with E-state index in [1.54, 1.807) is 0 Å². The molecule has 0 fully saturated rings. The van der Waals surface area contributed by atoms with Crippen molar-refractivity contribution in [3.05, 3.63) is 15.5 Å². The molecule has 0 aliphatic carbocycles. The van der Waals surface area contributed by atoms with Crippen LogP contribution in [0.25, 0.3) is 0 Å². The molecule has 1 aromatic heterocycles. The summed E-state index contributed by atoms with van der Waals surface area (Å²) in [4.78, 5) is 3.70. The Labute approximate surface area is 96.9 Å². The van der Waals surface area contributed by atoms with Gasteiger partial charge in [-0.2, -0.15) is 0 Å². The minimum Gasteiger partial charge on any atom is -0.402 e. The van der Waals surface area contributed by atoms with Gasteiger partial charge in [-0.15, -0.1) is 13.2 Å². The normalized spacial score (nSPS) is 11.5. The SMILES string of the molecule is NCc1c(I)ncc(OC(F)(F)F)c1N. The zero-order chi connectivity index (χ0) is 11.6. The van der Waals surface area contributed by atoms with Gasteiger partial charge >= 0.3 is 6.36 Å². The Balaban J connectivity index is 3.11. The molecule has 0 saturated carbocycles. The number of aromatic nitrogens is 1. The summed E-state index contributed by atoms with van der Waals surface area (Å²) < 4.78 is 39.9. The molecule has 0 radical (unpaired) electrons. The van der Waals surface area contributed by atoms with Crippen LogP contribution in [0.15, 0.2) is 6.20 Å². The highest BCUT2D eigenvalue weighted by Gasteiger charge is 2.32. The van der Waals surface area contributed by atoms with Crippen LogP contribution in [0.4, 0.5) is 18.9 Å². The molecule has 0 unspecified atom stereocenters. The number of hydrogen-bond donors (Lipinski definition) is 2. The van der Waals surface area contributed by atoms with E-state index < -0.39 is 12.1 Å². The highest BCUT2D eigenvalue weighted by atomic mass is 127. The Morgan fingerprint density at radius 1 is 1.47 bits per heavy atom. The van der Waals surface area contributed by atoms with E-state index in [0.717, 1.165) is 6.20 Å². The first-order valence-electron chi connectivity index (χ1n) is 3.74. The van der Waals surface area contributed by atoms with Crippen LogP contribution in [0.5, 0.6) is 5.75 Å². The molecular formula is C7H7F3IN3O. The molecule has 84 valence electrons. The van der Waals surface area contributed by atoms with Gasteiger partial charge in [0.2, 0.25) is 0 Å². The minimum absolute atomic E-state index is 0.00611. The summed E-state index contributed by atoms with van der Waals surface area (Å²) in [5.41, 5.74) is 11.0. The maximum Gasteiger partial charge on any atom is 0.573 e. The molecular weight excluding hydrogens is 326 g/mol. The summed E-state index contributed by atoms with van der Waals surface area (Å²) in [6.45, 7) is 0.00611. The van der Waals surface area contributed by atoms with Crippen molar-refractivity contribution < 1.29 is 17.9 Å². The summed E-state index contributed by atoms with van der Waals surface area (Å²) in [6, 6.07) is 0. The number of nitrogens with two attached hydrogens (primary N) is 2. The van der Waals surface area contributed by atoms with Gasteiger partial charge in [0.15, 0.2) is 5.75 Å². The topological polar surface area (TPSA) is 74.2 Å². The highest BCUT2D eigenvalue weighted by molar-refractivity contribution is 14.1. The fourth-order valence-electron chi connectivity index (χ4n) is 0.923. The number of pyridine rings is 1. The first-order valence-corrected chi connectivity index (χ1v) is 4.81. The number of nitrogens with zero attached hydrogens (tertiary/aromatic N) is 1. The molecule has 0 aliphatic heterocycles. The largest absolute Gasteiger partial charge is 0.573 e. The Bertz CT molecular complexity index is 369. The lowest BCUT2D eigenvalue weighted by molar-refractivity contribution is -0.274. The number of nitrogen functional groups attached to an aromatic ring is 1. The van der Waals surface area contributed by atoms with Crippen LogP contribution in [0.3, 0.4) is 0 Å². The van der Waals surface area contributed by atoms with Gasteiger partial charge in [-0.1, -0.05) is 0 Å². The monoisotopic (exact) mass is 333 g/mol. The maximum absolute atomic E-state index is 11.9. The van der Waals surface area contributed by atoms with Crippen molar-refractivity contribution in [2.24, 2.45) is 5.73 Å². The Hall–Kier alpha value is -0.770. The lowest BCUT2D eigenvalue weighted by Crippen LogP contribution is -2.19. The Kier molecular flexibility index (Phi) is 3.60. The highest BCUT2D eigenvalue weighted by Crippen LogP contribution is 2.31. The molecule has 0 aromatic carbocycles. The molecule has 0 saturated heterocycles. The van der Waals surface area contributed by atoms with Gasteiger partial charge in [-0.25, -0.2) is 4.98 Å². The smallest absolute Gasteiger partial charge is 0.402 e. The summed E-state index contributed by atoms with van der Waals surface area (Å²) >= 11 is 1.83. The van der Waals surface area contributed by atoms with Crippen molar-refractivity contribution in [1.82, 2.24) is 4.98 Å². The molecule has 0 amide bonds. The van der Waals surface area contributed by atoms with Crippen LogP contribution in [-0.4, -0.2) is 11.3 Å². The first-order chi connectivity index (χ1) is 6.85. The second kappa shape index (κ2) is 4.39. The van der Waals surface area contributed by atoms with E-state index in [1.807, 2.05) is 22.6 Å². The molecule has 4 nitrogen and oxygen atoms in total. The van der Waals surface area contributed by atoms with Gasteiger partial charge in [-0.3, -0.25) is 0 Å². The summed E-state index contributed by atoms with van der Waals surface area (Å²) in [6.07, 6.45) is -3.86. The fraction of sp³-hybridized carbons (Fsp3) is 0.286. The molecule has 0 bridgehead atoms. The Morgan fingerprint density at radius 3 is 2.53 bits per heavy atom. The van der Waals surface area contributed by atoms with Crippen molar-refractivity contribution in [2.75, 3.05) is 5.73 Å². The van der Waals surface area contributed by atoms with E-state index in [4.69, 9.17) is 11.5 Å². The predicted molar refractivity (Wildman–Crippen MR) is 55.9 cm³/mol. The summed E-state index contributed by atoms with van der Waals surface area (Å²) in [7, 11) is 0. The van der Waals surface area contributed by atoms with Crippen molar-refractivity contribution in [3.8, 4) is 5.75 Å². The zero-order valence-electron chi connectivity index (χ0n) is 7.31. The molecule has 0 spiro atoms. The standard InChI is InChI=1S/C7H7F3IN3O/c8-7(9,10)15-4-2-14-6(11)3(1-12)5(4)13/h2H,1,12H2,(H2,13,14). The average Bonchev–Trinajstić information content (AvgIpc) is 2.09. The number of alkyl halides is 3. The lowest BCUT2D eigenvalue weighted by Gasteiger charge is -2.13. The average molecular weight is 333 g/mol. The van der Waals surface area contributed by atoms with Gasteiger partial charge in [0.25, 0.3) is 0 Å². The molecule has 4 N–H and O–H groups in total. The van der Waals surface area contributed by atoms with Crippen molar-refractivity contribution in [1.29, 1.82) is 0 Å². The number of rotatable bonds is 2. The third-order valence-corrected chi connectivity index (χ3v) is 2.49. The lowest BCUT2D eigenvalue weighted by atomic mass is 10.2. The third-order valence-electron chi connectivity index (χ3n) is 1.56. The number of ether oxygens (including phenoxy) is 1. The van der Waals surface area contributed by atoms with E-state index >= 15 is 0 Å². The van der Waals surface area contributed by atoms with Crippen molar-refractivity contribution in [3.63, 3.8) is 0 Å². The molecule has 1 aromatic rings. The second-order valence-corrected chi connectivity index (χ2v) is 3.58. The number of anilines is 1. The van der Waals surface area contributed by atoms with Crippen LogP contribution in [0, 0.1) is 3.70 Å². The fourth-order valence-corrected chi connectivity index (χ4v) is 1.57. The third kappa shape index (κ3) is 3.09. The quantitative estimate of drug-likeness (QED) is 0.637. The van der Waals surface area contributed by atoms with E-state index in [-0.39, 0.29) is 12.2 Å². The molecule has 1 heterocycles. The van der Waals surface area contributed by atoms with Crippen LogP contribution in [0.2, 0.25) is 0 Å². The van der Waals surface area contributed by atoms with E-state index in [1.165, 1.54) is 0 Å². The van der Waals surface area contributed by atoms with Crippen LogP contribution in [-0.2, 0) is 6.54 Å². The first kappa shape index (κ1) is 12.3. The van der Waals surface area contributed by atoms with Gasteiger partial charge in [-0.05, 0) is 22.6 Å². The summed E-state index contributed by atoms with van der Waals surface area (Å²) in [5, 5.41) is 0. The van der Waals surface area contributed by atoms with Gasteiger partial charge < -0.3 is 16.2 Å². The number of hydrogen-bond acceptors (Lipinski definition) is 4. The van der Waals surface area contributed by atoms with Crippen molar-refractivity contribution >= 4 is 28.3 Å². The molecule has 8 heteroatoms. The van der Waals surface area contributed by atoms with E-state index in [9.17, 15) is 13.2 Å². The molecule has 0 aliphatic rings. The maximum atomic E-state index is 11.9.